The summed E-state index contributed by atoms with van der Waals surface area (Å²) in [5.41, 5.74) is 0. The number of carbonyl (C=O) groups is 1. The average Bonchev–Trinajstić information content (AvgIpc) is 2.51. The molecule has 1 amide bonds. The molecule has 0 aromatic heterocycles. The normalized spacial score (nSPS) is 24.8. The molecule has 1 heterocycles. The summed E-state index contributed by atoms with van der Waals surface area (Å²) in [6, 6.07) is 0. The Hall–Kier alpha value is -0.0500. The number of likely N-dealkylation sites (tertiary alicyclic amines) is 1. The third-order valence-corrected chi connectivity index (χ3v) is 3.33. The molecule has 0 bridgehead atoms. The van der Waals surface area contributed by atoms with E-state index in [1.165, 1.54) is 0 Å². The Morgan fingerprint density at radius 3 is 2.85 bits per heavy atom. The third kappa shape index (κ3) is 2.97. The number of rotatable bonds is 3. The van der Waals surface area contributed by atoms with Gasteiger partial charge < -0.3 is 4.90 Å². The lowest BCUT2D eigenvalue weighted by molar-refractivity contribution is -0.134. The predicted octanol–water partition coefficient (Wildman–Crippen LogP) is 2.42. The highest BCUT2D eigenvalue weighted by molar-refractivity contribution is 9.09. The number of halogens is 1. The fraction of sp³-hybridized carbons (Fsp3) is 0.900. The average molecular weight is 248 g/mol. The van der Waals surface area contributed by atoms with Crippen LogP contribution in [0.2, 0.25) is 0 Å². The van der Waals surface area contributed by atoms with E-state index in [-0.39, 0.29) is 5.92 Å². The summed E-state index contributed by atoms with van der Waals surface area (Å²) < 4.78 is 0. The molecule has 76 valence electrons. The van der Waals surface area contributed by atoms with Crippen molar-refractivity contribution >= 4 is 21.8 Å². The van der Waals surface area contributed by atoms with Crippen LogP contribution >= 0.6 is 15.9 Å². The van der Waals surface area contributed by atoms with Crippen molar-refractivity contribution in [2.45, 2.75) is 37.9 Å². The summed E-state index contributed by atoms with van der Waals surface area (Å²) in [7, 11) is 0. The molecule has 1 aliphatic rings. The molecule has 2 nitrogen and oxygen atoms in total. The van der Waals surface area contributed by atoms with Crippen molar-refractivity contribution in [3.63, 3.8) is 0 Å². The van der Waals surface area contributed by atoms with E-state index in [4.69, 9.17) is 0 Å². The zero-order chi connectivity index (χ0) is 9.84. The van der Waals surface area contributed by atoms with Gasteiger partial charge in [-0.3, -0.25) is 4.79 Å². The first-order valence-corrected chi connectivity index (χ1v) is 5.99. The van der Waals surface area contributed by atoms with E-state index in [1.807, 2.05) is 11.8 Å². The van der Waals surface area contributed by atoms with E-state index >= 15 is 0 Å². The zero-order valence-corrected chi connectivity index (χ0v) is 10.0. The lowest BCUT2D eigenvalue weighted by atomic mass is 10.1. The Balaban J connectivity index is 2.38. The quantitative estimate of drug-likeness (QED) is 0.702. The first kappa shape index (κ1) is 11.0. The van der Waals surface area contributed by atoms with Gasteiger partial charge in [-0.15, -0.1) is 0 Å². The maximum absolute atomic E-state index is 11.8. The standard InChI is InChI=1S/C10H18BrNO/c1-3-4-8(2)10(13)12-6-5-9(11)7-12/h8-9H,3-7H2,1-2H3. The van der Waals surface area contributed by atoms with Crippen LogP contribution in [0.15, 0.2) is 0 Å². The fourth-order valence-electron chi connectivity index (χ4n) is 1.79. The maximum Gasteiger partial charge on any atom is 0.225 e. The van der Waals surface area contributed by atoms with Crippen LogP contribution in [0.3, 0.4) is 0 Å². The molecule has 0 spiro atoms. The van der Waals surface area contributed by atoms with Gasteiger partial charge in [0.2, 0.25) is 5.91 Å². The van der Waals surface area contributed by atoms with Crippen LogP contribution in [0.5, 0.6) is 0 Å². The minimum atomic E-state index is 0.211. The first-order chi connectivity index (χ1) is 6.15. The Morgan fingerprint density at radius 1 is 1.69 bits per heavy atom. The van der Waals surface area contributed by atoms with Crippen LogP contribution < -0.4 is 0 Å². The van der Waals surface area contributed by atoms with Crippen molar-refractivity contribution < 1.29 is 4.79 Å². The molecular weight excluding hydrogens is 230 g/mol. The molecule has 3 heteroatoms. The Labute approximate surface area is 88.8 Å². The summed E-state index contributed by atoms with van der Waals surface area (Å²) in [6.07, 6.45) is 3.21. The first-order valence-electron chi connectivity index (χ1n) is 5.08. The SMILES string of the molecule is CCCC(C)C(=O)N1CCC(Br)C1. The number of carbonyl (C=O) groups excluding carboxylic acids is 1. The second-order valence-corrected chi connectivity index (χ2v) is 5.15. The second kappa shape index (κ2) is 4.99. The van der Waals surface area contributed by atoms with E-state index in [0.717, 1.165) is 32.4 Å². The van der Waals surface area contributed by atoms with E-state index in [9.17, 15) is 4.79 Å². The topological polar surface area (TPSA) is 20.3 Å². The van der Waals surface area contributed by atoms with E-state index in [2.05, 4.69) is 22.9 Å². The molecule has 0 aromatic rings. The lowest BCUT2D eigenvalue weighted by Gasteiger charge is -2.19. The summed E-state index contributed by atoms with van der Waals surface area (Å²) in [5, 5.41) is 0. The minimum Gasteiger partial charge on any atom is -0.341 e. The van der Waals surface area contributed by atoms with Crippen molar-refractivity contribution in [1.82, 2.24) is 4.90 Å². The number of amides is 1. The molecule has 0 N–H and O–H groups in total. The molecule has 2 atom stereocenters. The summed E-state index contributed by atoms with van der Waals surface area (Å²) in [6.45, 7) is 5.99. The van der Waals surface area contributed by atoms with Gasteiger partial charge >= 0.3 is 0 Å². The van der Waals surface area contributed by atoms with Crippen LogP contribution in [0, 0.1) is 5.92 Å². The van der Waals surface area contributed by atoms with Crippen molar-refractivity contribution in [3.8, 4) is 0 Å². The fourth-order valence-corrected chi connectivity index (χ4v) is 2.34. The van der Waals surface area contributed by atoms with Gasteiger partial charge in [-0.1, -0.05) is 36.2 Å². The van der Waals surface area contributed by atoms with Gasteiger partial charge in [0.05, 0.1) is 0 Å². The van der Waals surface area contributed by atoms with Crippen LogP contribution in [0.25, 0.3) is 0 Å². The Kier molecular flexibility index (Phi) is 4.23. The van der Waals surface area contributed by atoms with E-state index in [1.54, 1.807) is 0 Å². The van der Waals surface area contributed by atoms with Crippen LogP contribution in [0.1, 0.15) is 33.1 Å². The maximum atomic E-state index is 11.8. The molecule has 2 unspecified atom stereocenters. The van der Waals surface area contributed by atoms with Gasteiger partial charge in [-0.05, 0) is 12.8 Å². The molecule has 0 saturated carbocycles. The third-order valence-electron chi connectivity index (χ3n) is 2.59. The molecule has 0 aromatic carbocycles. The Bertz CT molecular complexity index is 184. The second-order valence-electron chi connectivity index (χ2n) is 3.86. The van der Waals surface area contributed by atoms with Crippen LogP contribution in [-0.4, -0.2) is 28.7 Å². The largest absolute Gasteiger partial charge is 0.341 e. The molecule has 0 radical (unpaired) electrons. The van der Waals surface area contributed by atoms with Gasteiger partial charge in [-0.2, -0.15) is 0 Å². The number of hydrogen-bond donors (Lipinski definition) is 0. The summed E-state index contributed by atoms with van der Waals surface area (Å²) in [5.74, 6) is 0.548. The monoisotopic (exact) mass is 247 g/mol. The van der Waals surface area contributed by atoms with Gasteiger partial charge in [0, 0.05) is 23.8 Å². The van der Waals surface area contributed by atoms with Crippen molar-refractivity contribution in [1.29, 1.82) is 0 Å². The molecule has 1 rings (SSSR count). The lowest BCUT2D eigenvalue weighted by Crippen LogP contribution is -2.33. The summed E-state index contributed by atoms with van der Waals surface area (Å²) >= 11 is 3.54. The molecule has 13 heavy (non-hydrogen) atoms. The number of hydrogen-bond acceptors (Lipinski definition) is 1. The van der Waals surface area contributed by atoms with Crippen molar-refractivity contribution in [2.75, 3.05) is 13.1 Å². The molecule has 1 fully saturated rings. The molecular formula is C10H18BrNO. The summed E-state index contributed by atoms with van der Waals surface area (Å²) in [4.78, 5) is 14.3. The minimum absolute atomic E-state index is 0.211. The van der Waals surface area contributed by atoms with Crippen LogP contribution in [0.4, 0.5) is 0 Å². The number of nitrogens with zero attached hydrogens (tertiary/aromatic N) is 1. The number of alkyl halides is 1. The molecule has 1 saturated heterocycles. The highest BCUT2D eigenvalue weighted by Crippen LogP contribution is 2.19. The Morgan fingerprint density at radius 2 is 2.38 bits per heavy atom. The van der Waals surface area contributed by atoms with Gasteiger partial charge in [0.1, 0.15) is 0 Å². The molecule has 0 aliphatic carbocycles. The van der Waals surface area contributed by atoms with Crippen molar-refractivity contribution in [3.05, 3.63) is 0 Å². The highest BCUT2D eigenvalue weighted by Gasteiger charge is 2.26. The van der Waals surface area contributed by atoms with E-state index < -0.39 is 0 Å². The highest BCUT2D eigenvalue weighted by atomic mass is 79.9. The van der Waals surface area contributed by atoms with Gasteiger partial charge in [-0.25, -0.2) is 0 Å². The van der Waals surface area contributed by atoms with Crippen LogP contribution in [-0.2, 0) is 4.79 Å². The zero-order valence-electron chi connectivity index (χ0n) is 8.42. The van der Waals surface area contributed by atoms with Gasteiger partial charge in [0.25, 0.3) is 0 Å². The predicted molar refractivity (Wildman–Crippen MR) is 58.0 cm³/mol. The van der Waals surface area contributed by atoms with Gasteiger partial charge in [0.15, 0.2) is 0 Å². The van der Waals surface area contributed by atoms with Crippen molar-refractivity contribution in [2.24, 2.45) is 5.92 Å². The van der Waals surface area contributed by atoms with E-state index in [0.29, 0.717) is 10.7 Å². The molecule has 1 aliphatic heterocycles. The smallest absolute Gasteiger partial charge is 0.225 e.